The minimum absolute atomic E-state index is 0.196. The molecular weight excluding hydrogens is 320 g/mol. The summed E-state index contributed by atoms with van der Waals surface area (Å²) in [4.78, 5) is 18.7. The van der Waals surface area contributed by atoms with Crippen LogP contribution in [0.5, 0.6) is 0 Å². The third-order valence-electron chi connectivity index (χ3n) is 4.20. The molecule has 9 nitrogen and oxygen atoms in total. The molecule has 0 saturated carbocycles. The smallest absolute Gasteiger partial charge is 0.273 e. The molecule has 1 aliphatic rings. The van der Waals surface area contributed by atoms with E-state index in [0.29, 0.717) is 11.6 Å². The molecule has 3 aromatic heterocycles. The van der Waals surface area contributed by atoms with E-state index in [4.69, 9.17) is 0 Å². The molecule has 4 rings (SSSR count). The molecule has 3 aromatic rings. The third-order valence-corrected chi connectivity index (χ3v) is 4.20. The lowest BCUT2D eigenvalue weighted by molar-refractivity contribution is 0.0958. The van der Waals surface area contributed by atoms with Crippen LogP contribution < -0.4 is 15.5 Å². The van der Waals surface area contributed by atoms with Gasteiger partial charge in [0.25, 0.3) is 5.91 Å². The van der Waals surface area contributed by atoms with Crippen LogP contribution in [0.25, 0.3) is 5.65 Å². The summed E-state index contributed by atoms with van der Waals surface area (Å²) in [5, 5.41) is 17.7. The first kappa shape index (κ1) is 15.3. The number of hydrogen-bond donors (Lipinski definition) is 2. The van der Waals surface area contributed by atoms with Crippen molar-refractivity contribution in [3.8, 4) is 0 Å². The van der Waals surface area contributed by atoms with Gasteiger partial charge in [-0.05, 0) is 31.0 Å². The van der Waals surface area contributed by atoms with Gasteiger partial charge in [-0.1, -0.05) is 0 Å². The third kappa shape index (κ3) is 2.95. The van der Waals surface area contributed by atoms with E-state index in [2.05, 4.69) is 41.9 Å². The highest BCUT2D eigenvalue weighted by Gasteiger charge is 2.16. The average Bonchev–Trinajstić information content (AvgIpc) is 3.30. The van der Waals surface area contributed by atoms with Crippen LogP contribution in [0.15, 0.2) is 30.6 Å². The summed E-state index contributed by atoms with van der Waals surface area (Å²) in [5.74, 6) is 0.0763. The van der Waals surface area contributed by atoms with Gasteiger partial charge in [-0.3, -0.25) is 4.79 Å². The number of nitrogens with one attached hydrogen (secondary N) is 2. The number of aromatic nitrogens is 5. The lowest BCUT2D eigenvalue weighted by Crippen LogP contribution is -2.21. The van der Waals surface area contributed by atoms with E-state index in [-0.39, 0.29) is 11.6 Å². The first-order valence-corrected chi connectivity index (χ1v) is 8.17. The summed E-state index contributed by atoms with van der Waals surface area (Å²) >= 11 is 0. The zero-order valence-electron chi connectivity index (χ0n) is 13.8. The van der Waals surface area contributed by atoms with E-state index < -0.39 is 0 Å². The van der Waals surface area contributed by atoms with Crippen molar-refractivity contribution >= 4 is 28.9 Å². The molecule has 1 amide bonds. The number of hydrogen-bond acceptors (Lipinski definition) is 7. The van der Waals surface area contributed by atoms with Crippen molar-refractivity contribution < 1.29 is 4.79 Å². The maximum atomic E-state index is 11.9. The van der Waals surface area contributed by atoms with Crippen LogP contribution in [0, 0.1) is 0 Å². The predicted molar refractivity (Wildman–Crippen MR) is 93.1 cm³/mol. The molecule has 1 saturated heterocycles. The largest absolute Gasteiger partial charge is 0.370 e. The van der Waals surface area contributed by atoms with E-state index in [1.165, 1.54) is 19.0 Å². The Bertz CT molecular complexity index is 915. The lowest BCUT2D eigenvalue weighted by atomic mass is 10.3. The summed E-state index contributed by atoms with van der Waals surface area (Å²) < 4.78 is 1.74. The van der Waals surface area contributed by atoms with E-state index in [0.717, 1.165) is 24.4 Å². The van der Waals surface area contributed by atoms with Crippen molar-refractivity contribution in [2.24, 2.45) is 0 Å². The summed E-state index contributed by atoms with van der Waals surface area (Å²) in [6.07, 6.45) is 5.93. The van der Waals surface area contributed by atoms with Crippen molar-refractivity contribution in [1.29, 1.82) is 0 Å². The molecule has 2 N–H and O–H groups in total. The Hall–Kier alpha value is -3.23. The average molecular weight is 338 g/mol. The molecule has 4 heterocycles. The quantitative estimate of drug-likeness (QED) is 0.738. The fraction of sp³-hybridized carbons (Fsp3) is 0.312. The summed E-state index contributed by atoms with van der Waals surface area (Å²) in [6, 6.07) is 5.66. The predicted octanol–water partition coefficient (Wildman–Crippen LogP) is 1.22. The van der Waals surface area contributed by atoms with Crippen molar-refractivity contribution in [3.63, 3.8) is 0 Å². The Labute approximate surface area is 144 Å². The highest BCUT2D eigenvalue weighted by molar-refractivity contribution is 5.97. The van der Waals surface area contributed by atoms with E-state index >= 15 is 0 Å². The second-order valence-corrected chi connectivity index (χ2v) is 5.82. The van der Waals surface area contributed by atoms with Crippen LogP contribution in [0.3, 0.4) is 0 Å². The van der Waals surface area contributed by atoms with Crippen LogP contribution in [0.2, 0.25) is 0 Å². The molecule has 1 fully saturated rings. The maximum absolute atomic E-state index is 11.9. The number of anilines is 3. The molecule has 0 aromatic carbocycles. The van der Waals surface area contributed by atoms with Crippen LogP contribution in [-0.2, 0) is 0 Å². The van der Waals surface area contributed by atoms with Gasteiger partial charge in [0.1, 0.15) is 0 Å². The number of carbonyl (C=O) groups excluding carboxylic acids is 1. The minimum atomic E-state index is -0.323. The van der Waals surface area contributed by atoms with Crippen LogP contribution in [0.1, 0.15) is 23.3 Å². The number of rotatable bonds is 4. The van der Waals surface area contributed by atoms with Gasteiger partial charge < -0.3 is 15.5 Å². The Morgan fingerprint density at radius 3 is 2.84 bits per heavy atom. The molecule has 0 radical (unpaired) electrons. The van der Waals surface area contributed by atoms with Gasteiger partial charge in [0.05, 0.1) is 23.8 Å². The Morgan fingerprint density at radius 1 is 1.20 bits per heavy atom. The minimum Gasteiger partial charge on any atom is -0.370 e. The number of amides is 1. The van der Waals surface area contributed by atoms with Gasteiger partial charge in [0.15, 0.2) is 11.3 Å². The molecule has 128 valence electrons. The first-order valence-electron chi connectivity index (χ1n) is 8.17. The Morgan fingerprint density at radius 2 is 2.04 bits per heavy atom. The van der Waals surface area contributed by atoms with Crippen LogP contribution in [-0.4, -0.2) is 50.8 Å². The zero-order chi connectivity index (χ0) is 17.2. The van der Waals surface area contributed by atoms with Crippen molar-refractivity contribution in [3.05, 3.63) is 36.3 Å². The highest BCUT2D eigenvalue weighted by atomic mass is 16.1. The summed E-state index contributed by atoms with van der Waals surface area (Å²) in [6.45, 7) is 2.15. The molecule has 0 atom stereocenters. The van der Waals surface area contributed by atoms with Crippen molar-refractivity contribution in [2.75, 3.05) is 30.4 Å². The number of pyridine rings is 1. The molecule has 0 unspecified atom stereocenters. The van der Waals surface area contributed by atoms with Gasteiger partial charge in [-0.2, -0.15) is 10.1 Å². The standard InChI is InChI=1S/C16H18N8O/c1-17-15(25)14-12(6-7-18-21-14)19-16-20-13-5-4-11(10-24(13)22-16)23-8-2-3-9-23/h4-7,10H,2-3,8-9H2,1H3,(H,17,25)(H,18,19,22). The molecule has 0 aliphatic carbocycles. The fourth-order valence-electron chi connectivity index (χ4n) is 2.93. The second-order valence-electron chi connectivity index (χ2n) is 5.82. The van der Waals surface area contributed by atoms with Gasteiger partial charge in [-0.25, -0.2) is 4.52 Å². The molecule has 0 bridgehead atoms. The van der Waals surface area contributed by atoms with Crippen molar-refractivity contribution in [2.45, 2.75) is 12.8 Å². The Kier molecular flexibility index (Phi) is 3.88. The van der Waals surface area contributed by atoms with Crippen molar-refractivity contribution in [1.82, 2.24) is 30.1 Å². The molecule has 25 heavy (non-hydrogen) atoms. The van der Waals surface area contributed by atoms with Gasteiger partial charge in [-0.15, -0.1) is 10.2 Å². The molecular formula is C16H18N8O. The van der Waals surface area contributed by atoms with E-state index in [9.17, 15) is 4.79 Å². The van der Waals surface area contributed by atoms with Gasteiger partial charge in [0.2, 0.25) is 5.95 Å². The lowest BCUT2D eigenvalue weighted by Gasteiger charge is -2.16. The number of fused-ring (bicyclic) bond motifs is 1. The van der Waals surface area contributed by atoms with Gasteiger partial charge in [0, 0.05) is 20.1 Å². The second kappa shape index (κ2) is 6.34. The number of nitrogens with zero attached hydrogens (tertiary/aromatic N) is 6. The monoisotopic (exact) mass is 338 g/mol. The highest BCUT2D eigenvalue weighted by Crippen LogP contribution is 2.22. The molecule has 9 heteroatoms. The topological polar surface area (TPSA) is 100 Å². The Balaban J connectivity index is 1.63. The van der Waals surface area contributed by atoms with Gasteiger partial charge >= 0.3 is 0 Å². The summed E-state index contributed by atoms with van der Waals surface area (Å²) in [5.41, 5.74) is 2.57. The zero-order valence-corrected chi connectivity index (χ0v) is 13.8. The first-order chi connectivity index (χ1) is 12.2. The van der Waals surface area contributed by atoms with E-state index in [1.54, 1.807) is 17.6 Å². The van der Waals surface area contributed by atoms with E-state index in [1.807, 2.05) is 12.3 Å². The van der Waals surface area contributed by atoms with Crippen LogP contribution in [0.4, 0.5) is 17.3 Å². The van der Waals surface area contributed by atoms with Crippen LogP contribution >= 0.6 is 0 Å². The normalized spacial score (nSPS) is 14.0. The fourth-order valence-corrected chi connectivity index (χ4v) is 2.93. The number of carbonyl (C=O) groups is 1. The maximum Gasteiger partial charge on any atom is 0.273 e. The molecule has 1 aliphatic heterocycles. The summed E-state index contributed by atoms with van der Waals surface area (Å²) in [7, 11) is 1.55. The molecule has 0 spiro atoms. The SMILES string of the molecule is CNC(=O)c1nnccc1Nc1nc2ccc(N3CCCC3)cn2n1.